The van der Waals surface area contributed by atoms with Crippen LogP contribution in [0.25, 0.3) is 0 Å². The van der Waals surface area contributed by atoms with E-state index in [1.165, 1.54) is 4.90 Å². The zero-order valence-electron chi connectivity index (χ0n) is 18.1. The van der Waals surface area contributed by atoms with Crippen LogP contribution in [0.4, 0.5) is 4.79 Å². The highest BCUT2D eigenvalue weighted by Gasteiger charge is 2.52. The first-order valence-corrected chi connectivity index (χ1v) is 10.6. The molecule has 0 aliphatic carbocycles. The molecule has 1 saturated heterocycles. The molecule has 31 heavy (non-hydrogen) atoms. The monoisotopic (exact) mass is 448 g/mol. The molecule has 1 aromatic rings. The SMILES string of the molecule is CC#CCOc1ccc(C(=S=O)C2(C(=O)NO)CCN(C(=O)O)C(C(C)(C)C)C2)cc1. The van der Waals surface area contributed by atoms with Crippen LogP contribution in [0, 0.1) is 22.7 Å². The molecule has 2 atom stereocenters. The summed E-state index contributed by atoms with van der Waals surface area (Å²) < 4.78 is 17.8. The van der Waals surface area contributed by atoms with Crippen molar-refractivity contribution in [3.63, 3.8) is 0 Å². The third kappa shape index (κ3) is 5.27. The topological polar surface area (TPSA) is 116 Å². The van der Waals surface area contributed by atoms with Crippen LogP contribution in [0.3, 0.4) is 0 Å². The van der Waals surface area contributed by atoms with Gasteiger partial charge in [-0.2, -0.15) is 0 Å². The molecule has 1 aromatic carbocycles. The van der Waals surface area contributed by atoms with E-state index in [1.54, 1.807) is 36.7 Å². The van der Waals surface area contributed by atoms with Crippen molar-refractivity contribution >= 4 is 28.1 Å². The molecular formula is C22H28N2O6S. The Balaban J connectivity index is 2.48. The highest BCUT2D eigenvalue weighted by atomic mass is 32.1. The van der Waals surface area contributed by atoms with Gasteiger partial charge in [-0.1, -0.05) is 38.8 Å². The average molecular weight is 449 g/mol. The third-order valence-electron chi connectivity index (χ3n) is 5.60. The molecule has 8 nitrogen and oxygen atoms in total. The summed E-state index contributed by atoms with van der Waals surface area (Å²) in [7, 11) is 0. The molecule has 2 unspecified atom stereocenters. The molecule has 0 spiro atoms. The Morgan fingerprint density at radius 2 is 1.97 bits per heavy atom. The summed E-state index contributed by atoms with van der Waals surface area (Å²) in [6, 6.07) is 6.18. The minimum absolute atomic E-state index is 0.0611. The molecule has 2 amide bonds. The van der Waals surface area contributed by atoms with Crippen molar-refractivity contribution < 1.29 is 28.8 Å². The maximum Gasteiger partial charge on any atom is 0.407 e. The minimum Gasteiger partial charge on any atom is -0.481 e. The molecule has 0 bridgehead atoms. The zero-order chi connectivity index (χ0) is 23.2. The smallest absolute Gasteiger partial charge is 0.407 e. The quantitative estimate of drug-likeness (QED) is 0.210. The first-order chi connectivity index (χ1) is 14.6. The van der Waals surface area contributed by atoms with Gasteiger partial charge in [0.05, 0.1) is 21.5 Å². The number of carboxylic acid groups (broad SMARTS) is 1. The van der Waals surface area contributed by atoms with Crippen LogP contribution in [0.2, 0.25) is 0 Å². The van der Waals surface area contributed by atoms with Gasteiger partial charge in [0.1, 0.15) is 12.4 Å². The summed E-state index contributed by atoms with van der Waals surface area (Å²) in [6.45, 7) is 7.66. The molecular weight excluding hydrogens is 420 g/mol. The summed E-state index contributed by atoms with van der Waals surface area (Å²) in [5.41, 5.74) is 0.377. The van der Waals surface area contributed by atoms with Gasteiger partial charge < -0.3 is 14.7 Å². The van der Waals surface area contributed by atoms with Gasteiger partial charge in [0, 0.05) is 12.6 Å². The number of piperidine rings is 1. The maximum atomic E-state index is 12.9. The van der Waals surface area contributed by atoms with E-state index in [9.17, 15) is 24.1 Å². The Hall–Kier alpha value is -2.83. The number of hydroxylamine groups is 1. The molecule has 168 valence electrons. The van der Waals surface area contributed by atoms with Crippen LogP contribution in [-0.4, -0.2) is 55.5 Å². The predicted octanol–water partition coefficient (Wildman–Crippen LogP) is 2.50. The van der Waals surface area contributed by atoms with Gasteiger partial charge in [-0.25, -0.2) is 14.5 Å². The van der Waals surface area contributed by atoms with E-state index in [0.29, 0.717) is 11.3 Å². The van der Waals surface area contributed by atoms with Crippen LogP contribution in [-0.2, 0) is 16.1 Å². The van der Waals surface area contributed by atoms with E-state index >= 15 is 0 Å². The highest BCUT2D eigenvalue weighted by molar-refractivity contribution is 7.67. The fourth-order valence-electron chi connectivity index (χ4n) is 3.93. The Labute approximate surface area is 185 Å². The zero-order valence-corrected chi connectivity index (χ0v) is 18.9. The number of nitrogens with one attached hydrogen (secondary N) is 1. The second kappa shape index (κ2) is 9.98. The normalized spacial score (nSPS) is 20.8. The minimum atomic E-state index is -1.36. The molecule has 9 heteroatoms. The lowest BCUT2D eigenvalue weighted by atomic mass is 9.66. The second-order valence-electron chi connectivity index (χ2n) is 8.49. The van der Waals surface area contributed by atoms with Gasteiger partial charge in [-0.3, -0.25) is 10.0 Å². The highest BCUT2D eigenvalue weighted by Crippen LogP contribution is 2.43. The largest absolute Gasteiger partial charge is 0.481 e. The van der Waals surface area contributed by atoms with E-state index in [1.807, 2.05) is 20.8 Å². The van der Waals surface area contributed by atoms with E-state index < -0.39 is 28.9 Å². The average Bonchev–Trinajstić information content (AvgIpc) is 2.74. The number of hydrogen-bond donors (Lipinski definition) is 3. The van der Waals surface area contributed by atoms with Gasteiger partial charge in [-0.15, -0.1) is 5.92 Å². The number of hydrogen-bond acceptors (Lipinski definition) is 5. The third-order valence-corrected chi connectivity index (χ3v) is 6.39. The Kier molecular flexibility index (Phi) is 7.87. The Morgan fingerprint density at radius 1 is 1.32 bits per heavy atom. The van der Waals surface area contributed by atoms with Crippen molar-refractivity contribution in [2.45, 2.75) is 46.6 Å². The van der Waals surface area contributed by atoms with Crippen molar-refractivity contribution in [3.05, 3.63) is 29.8 Å². The molecule has 3 N–H and O–H groups in total. The summed E-state index contributed by atoms with van der Waals surface area (Å²) in [4.78, 5) is 26.3. The molecule has 1 aliphatic rings. The number of likely N-dealkylation sites (tertiary alicyclic amines) is 1. The lowest BCUT2D eigenvalue weighted by Gasteiger charge is -2.49. The van der Waals surface area contributed by atoms with Gasteiger partial charge >= 0.3 is 6.09 Å². The first-order valence-electron chi connectivity index (χ1n) is 9.85. The van der Waals surface area contributed by atoms with Crippen LogP contribution in [0.15, 0.2) is 24.3 Å². The molecule has 0 radical (unpaired) electrons. The molecule has 0 saturated carbocycles. The molecule has 1 fully saturated rings. The number of benzene rings is 1. The van der Waals surface area contributed by atoms with Crippen molar-refractivity contribution in [3.8, 4) is 17.6 Å². The predicted molar refractivity (Wildman–Crippen MR) is 117 cm³/mol. The van der Waals surface area contributed by atoms with Crippen molar-refractivity contribution in [2.75, 3.05) is 13.2 Å². The molecule has 0 aromatic heterocycles. The summed E-state index contributed by atoms with van der Waals surface area (Å²) in [5.74, 6) is 5.37. The van der Waals surface area contributed by atoms with Gasteiger partial charge in [-0.05, 0) is 42.9 Å². The Bertz CT molecular complexity index is 937. The fraction of sp³-hybridized carbons (Fsp3) is 0.500. The number of carbonyl (C=O) groups excluding carboxylic acids is 1. The lowest BCUT2D eigenvalue weighted by Crippen LogP contribution is -2.60. The van der Waals surface area contributed by atoms with Crippen molar-refractivity contribution in [2.24, 2.45) is 10.8 Å². The van der Waals surface area contributed by atoms with Crippen LogP contribution >= 0.6 is 0 Å². The van der Waals surface area contributed by atoms with Crippen molar-refractivity contribution in [1.29, 1.82) is 0 Å². The molecule has 1 aliphatic heterocycles. The first kappa shape index (κ1) is 24.4. The maximum absolute atomic E-state index is 12.9. The van der Waals surface area contributed by atoms with Gasteiger partial charge in [0.25, 0.3) is 5.91 Å². The van der Waals surface area contributed by atoms with Gasteiger partial charge in [0.15, 0.2) is 0 Å². The Morgan fingerprint density at radius 3 is 2.45 bits per heavy atom. The van der Waals surface area contributed by atoms with E-state index in [2.05, 4.69) is 11.8 Å². The summed E-state index contributed by atoms with van der Waals surface area (Å²) >= 11 is 0.187. The van der Waals surface area contributed by atoms with Crippen LogP contribution in [0.1, 0.15) is 46.1 Å². The second-order valence-corrected chi connectivity index (χ2v) is 9.06. The lowest BCUT2D eigenvalue weighted by molar-refractivity contribution is -0.139. The fourth-order valence-corrected chi connectivity index (χ4v) is 4.60. The standard InChI is InChI=1S/C22H28N2O6S/c1-5-6-13-30-16-9-7-15(8-10-16)18(31-29)22(19(25)23-28)11-12-24(20(26)27)17(14-22)21(2,3)4/h7-10,17,28H,11-14H2,1-4H3,(H,23,25)(H,26,27). The number of nitrogens with zero attached hydrogens (tertiary/aromatic N) is 1. The number of carbonyl (C=O) groups is 2. The van der Waals surface area contributed by atoms with Crippen molar-refractivity contribution in [1.82, 2.24) is 10.4 Å². The summed E-state index contributed by atoms with van der Waals surface area (Å²) in [5, 5.41) is 19.1. The molecule has 1 heterocycles. The van der Waals surface area contributed by atoms with E-state index in [0.717, 1.165) is 0 Å². The molecule has 2 rings (SSSR count). The number of rotatable bonds is 5. The number of amides is 2. The van der Waals surface area contributed by atoms with E-state index in [4.69, 9.17) is 4.74 Å². The van der Waals surface area contributed by atoms with E-state index in [-0.39, 0.29) is 42.1 Å². The van der Waals surface area contributed by atoms with Crippen LogP contribution < -0.4 is 10.2 Å². The number of ether oxygens (including phenoxy) is 1. The van der Waals surface area contributed by atoms with Crippen LogP contribution in [0.5, 0.6) is 5.75 Å². The summed E-state index contributed by atoms with van der Waals surface area (Å²) in [6.07, 6.45) is -0.928. The van der Waals surface area contributed by atoms with Gasteiger partial charge in [0.2, 0.25) is 0 Å².